The Morgan fingerprint density at radius 2 is 1.75 bits per heavy atom. The summed E-state index contributed by atoms with van der Waals surface area (Å²) >= 11 is 0. The van der Waals surface area contributed by atoms with Crippen molar-refractivity contribution in [2.75, 3.05) is 0 Å². The molecule has 0 unspecified atom stereocenters. The molecule has 0 aliphatic heterocycles. The number of rotatable bonds is 3. The lowest BCUT2D eigenvalue weighted by Gasteiger charge is -2.28. The van der Waals surface area contributed by atoms with Crippen LogP contribution >= 0.6 is 0 Å². The number of pyridine rings is 1. The largest absolute Gasteiger partial charge is 0.326 e. The fourth-order valence-corrected chi connectivity index (χ4v) is 2.59. The SMILES string of the molecule is CC(C)(C)c1cc(CN)c(N=Cc2ccccn2)c(C(C)(C)C)c1. The molecule has 0 saturated carbocycles. The number of aromatic nitrogens is 1. The molecular formula is C21H29N3. The molecule has 0 aliphatic rings. The minimum atomic E-state index is -0.0119. The second-order valence-electron chi connectivity index (χ2n) is 8.25. The van der Waals surface area contributed by atoms with Gasteiger partial charge in [-0.05, 0) is 39.7 Å². The minimum Gasteiger partial charge on any atom is -0.326 e. The van der Waals surface area contributed by atoms with Gasteiger partial charge in [-0.15, -0.1) is 0 Å². The van der Waals surface area contributed by atoms with Gasteiger partial charge in [-0.2, -0.15) is 0 Å². The topological polar surface area (TPSA) is 51.3 Å². The summed E-state index contributed by atoms with van der Waals surface area (Å²) in [6, 6.07) is 10.3. The molecule has 1 heterocycles. The third-order valence-electron chi connectivity index (χ3n) is 4.10. The van der Waals surface area contributed by atoms with Crippen LogP contribution in [0.4, 0.5) is 5.69 Å². The summed E-state index contributed by atoms with van der Waals surface area (Å²) in [5.41, 5.74) is 11.5. The average molecular weight is 323 g/mol. The highest BCUT2D eigenvalue weighted by atomic mass is 14.8. The number of nitrogens with zero attached hydrogens (tertiary/aromatic N) is 2. The van der Waals surface area contributed by atoms with E-state index in [1.165, 1.54) is 11.1 Å². The zero-order valence-corrected chi connectivity index (χ0v) is 15.7. The minimum absolute atomic E-state index is 0.0119. The third-order valence-corrected chi connectivity index (χ3v) is 4.10. The maximum atomic E-state index is 6.05. The van der Waals surface area contributed by atoms with Crippen molar-refractivity contribution in [3.8, 4) is 0 Å². The van der Waals surface area contributed by atoms with Crippen LogP contribution in [0.3, 0.4) is 0 Å². The van der Waals surface area contributed by atoms with Gasteiger partial charge in [-0.1, -0.05) is 59.7 Å². The summed E-state index contributed by atoms with van der Waals surface area (Å²) in [7, 11) is 0. The lowest BCUT2D eigenvalue weighted by Crippen LogP contribution is -2.18. The van der Waals surface area contributed by atoms with E-state index in [1.54, 1.807) is 6.20 Å². The van der Waals surface area contributed by atoms with Gasteiger partial charge in [-0.3, -0.25) is 9.98 Å². The number of aliphatic imine (C=N–C) groups is 1. The monoisotopic (exact) mass is 323 g/mol. The van der Waals surface area contributed by atoms with Crippen LogP contribution in [-0.2, 0) is 17.4 Å². The average Bonchev–Trinajstić information content (AvgIpc) is 2.51. The Morgan fingerprint density at radius 3 is 2.25 bits per heavy atom. The van der Waals surface area contributed by atoms with E-state index >= 15 is 0 Å². The van der Waals surface area contributed by atoms with E-state index in [0.717, 1.165) is 16.9 Å². The van der Waals surface area contributed by atoms with Crippen LogP contribution in [0.5, 0.6) is 0 Å². The van der Waals surface area contributed by atoms with Crippen LogP contribution in [0, 0.1) is 0 Å². The van der Waals surface area contributed by atoms with Gasteiger partial charge in [0.1, 0.15) is 0 Å². The van der Waals surface area contributed by atoms with Gasteiger partial charge < -0.3 is 5.73 Å². The van der Waals surface area contributed by atoms with E-state index in [-0.39, 0.29) is 10.8 Å². The van der Waals surface area contributed by atoms with Crippen molar-refractivity contribution >= 4 is 11.9 Å². The summed E-state index contributed by atoms with van der Waals surface area (Å²) < 4.78 is 0. The van der Waals surface area contributed by atoms with Crippen molar-refractivity contribution in [2.24, 2.45) is 10.7 Å². The number of benzene rings is 1. The fraction of sp³-hybridized carbons (Fsp3) is 0.429. The maximum absolute atomic E-state index is 6.05. The molecule has 24 heavy (non-hydrogen) atoms. The normalized spacial score (nSPS) is 12.8. The van der Waals surface area contributed by atoms with Gasteiger partial charge >= 0.3 is 0 Å². The molecule has 0 amide bonds. The van der Waals surface area contributed by atoms with E-state index in [1.807, 2.05) is 24.4 Å². The first-order valence-corrected chi connectivity index (χ1v) is 8.46. The Labute approximate surface area is 146 Å². The van der Waals surface area contributed by atoms with E-state index in [2.05, 4.69) is 58.7 Å². The number of hydrogen-bond acceptors (Lipinski definition) is 3. The quantitative estimate of drug-likeness (QED) is 0.818. The molecule has 1 aromatic carbocycles. The van der Waals surface area contributed by atoms with Crippen molar-refractivity contribution in [3.05, 3.63) is 58.9 Å². The molecule has 128 valence electrons. The Bertz CT molecular complexity index is 717. The second kappa shape index (κ2) is 6.86. The second-order valence-corrected chi connectivity index (χ2v) is 8.25. The van der Waals surface area contributed by atoms with Gasteiger partial charge in [0, 0.05) is 12.7 Å². The molecule has 0 fully saturated rings. The van der Waals surface area contributed by atoms with E-state index in [9.17, 15) is 0 Å². The first-order valence-electron chi connectivity index (χ1n) is 8.46. The van der Waals surface area contributed by atoms with E-state index in [4.69, 9.17) is 10.7 Å². The lowest BCUT2D eigenvalue weighted by atomic mass is 9.78. The molecular weight excluding hydrogens is 294 g/mol. The van der Waals surface area contributed by atoms with Crippen molar-refractivity contribution in [1.29, 1.82) is 0 Å². The maximum Gasteiger partial charge on any atom is 0.0812 e. The van der Waals surface area contributed by atoms with Gasteiger partial charge in [0.2, 0.25) is 0 Å². The van der Waals surface area contributed by atoms with Crippen molar-refractivity contribution in [2.45, 2.75) is 58.9 Å². The highest BCUT2D eigenvalue weighted by Crippen LogP contribution is 2.38. The van der Waals surface area contributed by atoms with Crippen LogP contribution in [0.2, 0.25) is 0 Å². The van der Waals surface area contributed by atoms with Crippen molar-refractivity contribution in [1.82, 2.24) is 4.98 Å². The summed E-state index contributed by atoms with van der Waals surface area (Å²) in [6.07, 6.45) is 3.60. The Kier molecular flexibility index (Phi) is 5.24. The molecule has 0 aliphatic carbocycles. The zero-order chi connectivity index (χ0) is 18.0. The highest BCUT2D eigenvalue weighted by molar-refractivity contribution is 5.81. The molecule has 1 aromatic heterocycles. The van der Waals surface area contributed by atoms with Gasteiger partial charge in [-0.25, -0.2) is 0 Å². The highest BCUT2D eigenvalue weighted by Gasteiger charge is 2.24. The predicted molar refractivity (Wildman–Crippen MR) is 103 cm³/mol. The molecule has 3 heteroatoms. The van der Waals surface area contributed by atoms with Crippen LogP contribution < -0.4 is 5.73 Å². The Hall–Kier alpha value is -2.00. The first kappa shape index (κ1) is 18.3. The molecule has 0 saturated heterocycles. The third kappa shape index (κ3) is 4.30. The van der Waals surface area contributed by atoms with Crippen LogP contribution in [0.25, 0.3) is 0 Å². The number of hydrogen-bond donors (Lipinski definition) is 1. The van der Waals surface area contributed by atoms with E-state index in [0.29, 0.717) is 6.54 Å². The van der Waals surface area contributed by atoms with E-state index < -0.39 is 0 Å². The molecule has 0 radical (unpaired) electrons. The summed E-state index contributed by atoms with van der Waals surface area (Å²) in [4.78, 5) is 9.09. The molecule has 2 aromatic rings. The van der Waals surface area contributed by atoms with Crippen LogP contribution in [0.1, 0.15) is 63.9 Å². The molecule has 2 N–H and O–H groups in total. The zero-order valence-electron chi connectivity index (χ0n) is 15.7. The number of nitrogens with two attached hydrogens (primary N) is 1. The Balaban J connectivity index is 2.62. The fourth-order valence-electron chi connectivity index (χ4n) is 2.59. The molecule has 0 atom stereocenters. The van der Waals surface area contributed by atoms with Gasteiger partial charge in [0.05, 0.1) is 17.6 Å². The molecule has 2 rings (SSSR count). The Morgan fingerprint density at radius 1 is 1.04 bits per heavy atom. The summed E-state index contributed by atoms with van der Waals surface area (Å²) in [5, 5.41) is 0. The molecule has 0 bridgehead atoms. The first-order chi connectivity index (χ1) is 11.1. The van der Waals surface area contributed by atoms with Crippen LogP contribution in [0.15, 0.2) is 41.5 Å². The van der Waals surface area contributed by atoms with Crippen molar-refractivity contribution < 1.29 is 0 Å². The summed E-state index contributed by atoms with van der Waals surface area (Å²) in [5.74, 6) is 0. The van der Waals surface area contributed by atoms with Crippen molar-refractivity contribution in [3.63, 3.8) is 0 Å². The smallest absolute Gasteiger partial charge is 0.0812 e. The predicted octanol–water partition coefficient (Wildman–Crippen LogP) is 4.89. The molecule has 0 spiro atoms. The van der Waals surface area contributed by atoms with Gasteiger partial charge in [0.25, 0.3) is 0 Å². The standard InChI is InChI=1S/C21H29N3/c1-20(2,3)16-11-15(13-22)19(18(12-16)21(4,5)6)24-14-17-9-7-8-10-23-17/h7-12,14H,13,22H2,1-6H3. The van der Waals surface area contributed by atoms with Crippen LogP contribution in [-0.4, -0.2) is 11.2 Å². The molecule has 3 nitrogen and oxygen atoms in total. The lowest BCUT2D eigenvalue weighted by molar-refractivity contribution is 0.568. The van der Waals surface area contributed by atoms with Gasteiger partial charge in [0.15, 0.2) is 0 Å². The summed E-state index contributed by atoms with van der Waals surface area (Å²) in [6.45, 7) is 13.8.